The average molecular weight is 230 g/mol. The molecule has 0 aliphatic carbocycles. The normalized spacial score (nSPS) is 10.0. The van der Waals surface area contributed by atoms with Crippen LogP contribution >= 0.6 is 11.3 Å². The number of thiazole rings is 1. The molecule has 1 aromatic carbocycles. The Bertz CT molecular complexity index is 604. The van der Waals surface area contributed by atoms with Gasteiger partial charge in [0.2, 0.25) is 0 Å². The van der Waals surface area contributed by atoms with Crippen molar-refractivity contribution in [1.82, 2.24) is 4.57 Å². The van der Waals surface area contributed by atoms with Gasteiger partial charge in [-0.15, -0.1) is 0 Å². The highest BCUT2D eigenvalue weighted by atomic mass is 32.1. The molecule has 0 N–H and O–H groups in total. The van der Waals surface area contributed by atoms with Gasteiger partial charge in [-0.25, -0.2) is 0 Å². The minimum Gasteiger partial charge on any atom is -0.299 e. The molecule has 0 fully saturated rings. The monoisotopic (exact) mass is 230 g/mol. The maximum Gasteiger partial charge on any atom is 0.307 e. The lowest BCUT2D eigenvalue weighted by Gasteiger charge is -2.05. The molecule has 1 aromatic heterocycles. The fourth-order valence-corrected chi connectivity index (χ4v) is 2.27. The van der Waals surface area contributed by atoms with Crippen LogP contribution in [0.1, 0.15) is 16.8 Å². The Morgan fingerprint density at radius 3 is 2.81 bits per heavy atom. The van der Waals surface area contributed by atoms with Gasteiger partial charge in [0.1, 0.15) is 0 Å². The average Bonchev–Trinajstić information content (AvgIpc) is 2.61. The van der Waals surface area contributed by atoms with Crippen molar-refractivity contribution in [3.8, 4) is 6.07 Å². The van der Waals surface area contributed by atoms with E-state index in [2.05, 4.69) is 6.07 Å². The van der Waals surface area contributed by atoms with E-state index in [0.29, 0.717) is 12.1 Å². The Morgan fingerprint density at radius 1 is 1.44 bits per heavy atom. The van der Waals surface area contributed by atoms with Crippen LogP contribution in [0.5, 0.6) is 0 Å². The SMILES string of the molecule is Cc1csc(=O)n1Cc1ccccc1C#N. The van der Waals surface area contributed by atoms with E-state index in [0.717, 1.165) is 11.3 Å². The summed E-state index contributed by atoms with van der Waals surface area (Å²) in [6, 6.07) is 9.48. The molecule has 0 amide bonds. The number of benzene rings is 1. The summed E-state index contributed by atoms with van der Waals surface area (Å²) in [5.41, 5.74) is 2.44. The number of aromatic nitrogens is 1. The molecule has 0 atom stereocenters. The highest BCUT2D eigenvalue weighted by molar-refractivity contribution is 7.07. The standard InChI is InChI=1S/C12H10N2OS/c1-9-8-16-12(15)14(9)7-11-5-3-2-4-10(11)6-13/h2-5,8H,7H2,1H3. The Balaban J connectivity index is 2.42. The molecule has 0 bridgehead atoms. The summed E-state index contributed by atoms with van der Waals surface area (Å²) in [6.45, 7) is 2.37. The van der Waals surface area contributed by atoms with Crippen LogP contribution in [0.3, 0.4) is 0 Å². The van der Waals surface area contributed by atoms with Gasteiger partial charge in [0.05, 0.1) is 18.2 Å². The molecule has 0 aliphatic heterocycles. The van der Waals surface area contributed by atoms with Gasteiger partial charge in [0.25, 0.3) is 0 Å². The molecular weight excluding hydrogens is 220 g/mol. The van der Waals surface area contributed by atoms with Crippen molar-refractivity contribution < 1.29 is 0 Å². The summed E-state index contributed by atoms with van der Waals surface area (Å²) >= 11 is 1.19. The van der Waals surface area contributed by atoms with Gasteiger partial charge in [-0.1, -0.05) is 29.5 Å². The van der Waals surface area contributed by atoms with E-state index >= 15 is 0 Å². The third-order valence-corrected chi connectivity index (χ3v) is 3.32. The molecule has 0 radical (unpaired) electrons. The van der Waals surface area contributed by atoms with Crippen LogP contribution in [0.25, 0.3) is 0 Å². The number of aryl methyl sites for hydroxylation is 1. The minimum atomic E-state index is 0.0187. The third-order valence-electron chi connectivity index (χ3n) is 2.44. The molecule has 0 saturated carbocycles. The van der Waals surface area contributed by atoms with Crippen molar-refractivity contribution >= 4 is 11.3 Å². The molecular formula is C12H10N2OS. The molecule has 0 aliphatic rings. The lowest BCUT2D eigenvalue weighted by Crippen LogP contribution is -2.15. The second-order valence-corrected chi connectivity index (χ2v) is 4.32. The van der Waals surface area contributed by atoms with Crippen LogP contribution in [-0.4, -0.2) is 4.57 Å². The second-order valence-electron chi connectivity index (χ2n) is 3.50. The Kier molecular flexibility index (Phi) is 2.88. The van der Waals surface area contributed by atoms with Crippen LogP contribution in [0.15, 0.2) is 34.4 Å². The van der Waals surface area contributed by atoms with Crippen molar-refractivity contribution in [3.63, 3.8) is 0 Å². The smallest absolute Gasteiger partial charge is 0.299 e. The van der Waals surface area contributed by atoms with Crippen molar-refractivity contribution in [2.24, 2.45) is 0 Å². The van der Waals surface area contributed by atoms with Crippen LogP contribution in [0.2, 0.25) is 0 Å². The predicted molar refractivity (Wildman–Crippen MR) is 63.6 cm³/mol. The molecule has 0 saturated heterocycles. The quantitative estimate of drug-likeness (QED) is 0.793. The van der Waals surface area contributed by atoms with Gasteiger partial charge < -0.3 is 0 Å². The summed E-state index contributed by atoms with van der Waals surface area (Å²) in [4.78, 5) is 11.6. The number of hydrogen-bond donors (Lipinski definition) is 0. The van der Waals surface area contributed by atoms with Crippen LogP contribution in [0.4, 0.5) is 0 Å². The summed E-state index contributed by atoms with van der Waals surface area (Å²) in [5.74, 6) is 0. The minimum absolute atomic E-state index is 0.0187. The first kappa shape index (κ1) is 10.7. The molecule has 4 heteroatoms. The van der Waals surface area contributed by atoms with Crippen molar-refractivity contribution in [2.45, 2.75) is 13.5 Å². The van der Waals surface area contributed by atoms with Crippen LogP contribution in [0, 0.1) is 18.3 Å². The Labute approximate surface area is 97.2 Å². The zero-order valence-electron chi connectivity index (χ0n) is 8.80. The zero-order chi connectivity index (χ0) is 11.5. The second kappa shape index (κ2) is 4.33. The fraction of sp³-hybridized carbons (Fsp3) is 0.167. The summed E-state index contributed by atoms with van der Waals surface area (Å²) in [7, 11) is 0. The molecule has 2 aromatic rings. The molecule has 80 valence electrons. The van der Waals surface area contributed by atoms with E-state index in [1.54, 1.807) is 10.6 Å². The molecule has 0 unspecified atom stereocenters. The Morgan fingerprint density at radius 2 is 2.19 bits per heavy atom. The topological polar surface area (TPSA) is 45.8 Å². The highest BCUT2D eigenvalue weighted by Gasteiger charge is 2.06. The largest absolute Gasteiger partial charge is 0.307 e. The first-order valence-electron chi connectivity index (χ1n) is 4.85. The molecule has 1 heterocycles. The maximum absolute atomic E-state index is 11.5. The number of hydrogen-bond acceptors (Lipinski definition) is 3. The van der Waals surface area contributed by atoms with Gasteiger partial charge in [-0.2, -0.15) is 5.26 Å². The predicted octanol–water partition coefficient (Wildman–Crippen LogP) is 2.14. The lowest BCUT2D eigenvalue weighted by molar-refractivity contribution is 0.753. The first-order chi connectivity index (χ1) is 7.72. The third kappa shape index (κ3) is 1.90. The molecule has 3 nitrogen and oxygen atoms in total. The number of nitrogens with zero attached hydrogens (tertiary/aromatic N) is 2. The first-order valence-corrected chi connectivity index (χ1v) is 5.73. The van der Waals surface area contributed by atoms with Gasteiger partial charge >= 0.3 is 4.87 Å². The molecule has 2 rings (SSSR count). The highest BCUT2D eigenvalue weighted by Crippen LogP contribution is 2.10. The van der Waals surface area contributed by atoms with Gasteiger partial charge in [0.15, 0.2) is 0 Å². The zero-order valence-corrected chi connectivity index (χ0v) is 9.62. The van der Waals surface area contributed by atoms with Crippen molar-refractivity contribution in [1.29, 1.82) is 5.26 Å². The van der Waals surface area contributed by atoms with Gasteiger partial charge in [-0.05, 0) is 18.6 Å². The van der Waals surface area contributed by atoms with E-state index in [-0.39, 0.29) is 4.87 Å². The summed E-state index contributed by atoms with van der Waals surface area (Å²) < 4.78 is 1.68. The van der Waals surface area contributed by atoms with E-state index in [1.807, 2.05) is 30.5 Å². The molecule has 0 spiro atoms. The van der Waals surface area contributed by atoms with E-state index in [1.165, 1.54) is 11.3 Å². The van der Waals surface area contributed by atoms with Crippen LogP contribution in [-0.2, 0) is 6.54 Å². The molecule has 16 heavy (non-hydrogen) atoms. The van der Waals surface area contributed by atoms with Crippen LogP contribution < -0.4 is 4.87 Å². The summed E-state index contributed by atoms with van der Waals surface area (Å²) in [6.07, 6.45) is 0. The fourth-order valence-electron chi connectivity index (χ4n) is 1.53. The van der Waals surface area contributed by atoms with E-state index in [4.69, 9.17) is 5.26 Å². The van der Waals surface area contributed by atoms with Gasteiger partial charge in [0, 0.05) is 11.1 Å². The van der Waals surface area contributed by atoms with Crippen molar-refractivity contribution in [2.75, 3.05) is 0 Å². The summed E-state index contributed by atoms with van der Waals surface area (Å²) in [5, 5.41) is 10.8. The number of nitriles is 1. The van der Waals surface area contributed by atoms with E-state index in [9.17, 15) is 4.79 Å². The Hall–Kier alpha value is -1.86. The van der Waals surface area contributed by atoms with Crippen molar-refractivity contribution in [3.05, 3.63) is 56.1 Å². The van der Waals surface area contributed by atoms with E-state index < -0.39 is 0 Å². The maximum atomic E-state index is 11.5. The lowest BCUT2D eigenvalue weighted by atomic mass is 10.1. The number of rotatable bonds is 2. The van der Waals surface area contributed by atoms with Gasteiger partial charge in [-0.3, -0.25) is 9.36 Å².